The average Bonchev–Trinajstić information content (AvgIpc) is 3.72. The van der Waals surface area contributed by atoms with E-state index < -0.39 is 0 Å². The zero-order chi connectivity index (χ0) is 33.0. The first-order valence-electron chi connectivity index (χ1n) is 17.1. The predicted octanol–water partition coefficient (Wildman–Crippen LogP) is 10.9. The normalized spacial score (nSPS) is 15.8. The number of fused-ring (bicyclic) bond motifs is 6. The lowest BCUT2D eigenvalue weighted by Gasteiger charge is -2.29. The second kappa shape index (κ2) is 11.5. The van der Waals surface area contributed by atoms with Crippen LogP contribution in [0.5, 0.6) is 0 Å². The molecule has 5 heteroatoms. The molecule has 3 heterocycles. The van der Waals surface area contributed by atoms with Crippen LogP contribution in [0, 0.1) is 0 Å². The topological polar surface area (TPSA) is 48.5 Å². The molecule has 0 bridgehead atoms. The molecule has 0 saturated heterocycles. The van der Waals surface area contributed by atoms with Gasteiger partial charge in [-0.15, -0.1) is 0 Å². The van der Waals surface area contributed by atoms with E-state index in [0.717, 1.165) is 27.5 Å². The minimum atomic E-state index is 0.0370. The van der Waals surface area contributed by atoms with Gasteiger partial charge in [-0.1, -0.05) is 158 Å². The lowest BCUT2D eigenvalue weighted by molar-refractivity contribution is 0.577. The third kappa shape index (κ3) is 4.44. The molecule has 0 fully saturated rings. The van der Waals surface area contributed by atoms with Gasteiger partial charge in [-0.3, -0.25) is 4.57 Å². The monoisotopic (exact) mass is 641 g/mol. The maximum atomic E-state index is 5.21. The molecule has 6 aromatic carbocycles. The van der Waals surface area contributed by atoms with E-state index in [1.165, 1.54) is 32.8 Å². The Morgan fingerprint density at radius 1 is 0.420 bits per heavy atom. The molecule has 0 amide bonds. The summed E-state index contributed by atoms with van der Waals surface area (Å²) >= 11 is 0. The number of benzene rings is 6. The van der Waals surface area contributed by atoms with E-state index in [1.54, 1.807) is 0 Å². The Morgan fingerprint density at radius 2 is 0.920 bits per heavy atom. The van der Waals surface area contributed by atoms with E-state index >= 15 is 0 Å². The molecule has 236 valence electrons. The van der Waals surface area contributed by atoms with Crippen LogP contribution in [0.3, 0.4) is 0 Å². The average molecular weight is 642 g/mol. The Hall–Kier alpha value is -6.59. The molecule has 3 aromatic heterocycles. The van der Waals surface area contributed by atoms with Crippen molar-refractivity contribution in [3.05, 3.63) is 182 Å². The molecule has 5 nitrogen and oxygen atoms in total. The van der Waals surface area contributed by atoms with Crippen molar-refractivity contribution >= 4 is 43.6 Å². The Kier molecular flexibility index (Phi) is 6.56. The van der Waals surface area contributed by atoms with Gasteiger partial charge in [0.05, 0.1) is 17.1 Å². The highest BCUT2D eigenvalue weighted by atomic mass is 15.2. The zero-order valence-corrected chi connectivity index (χ0v) is 27.1. The fourth-order valence-electron chi connectivity index (χ4n) is 7.82. The number of rotatable bonds is 5. The number of para-hydroxylation sites is 4. The summed E-state index contributed by atoms with van der Waals surface area (Å²) in [5, 5.41) is 4.87. The third-order valence-corrected chi connectivity index (χ3v) is 9.99. The van der Waals surface area contributed by atoms with Crippen molar-refractivity contribution in [2.45, 2.75) is 12.0 Å². The van der Waals surface area contributed by atoms with Crippen LogP contribution in [0.1, 0.15) is 17.5 Å². The minimum absolute atomic E-state index is 0.0370. The third-order valence-electron chi connectivity index (χ3n) is 9.99. The minimum Gasteiger partial charge on any atom is -0.332 e. The summed E-state index contributed by atoms with van der Waals surface area (Å²) in [5.41, 5.74) is 7.73. The molecule has 10 rings (SSSR count). The zero-order valence-electron chi connectivity index (χ0n) is 27.1. The molecule has 1 aliphatic rings. The van der Waals surface area contributed by atoms with E-state index in [4.69, 9.17) is 15.0 Å². The van der Waals surface area contributed by atoms with Gasteiger partial charge in [0.2, 0.25) is 5.95 Å². The molecule has 50 heavy (non-hydrogen) atoms. The van der Waals surface area contributed by atoms with Crippen LogP contribution < -0.4 is 0 Å². The molecular weight excluding hydrogens is 611 g/mol. The quantitative estimate of drug-likeness (QED) is 0.188. The highest BCUT2D eigenvalue weighted by molar-refractivity contribution is 6.11. The summed E-state index contributed by atoms with van der Waals surface area (Å²) in [7, 11) is 0. The number of allylic oxidation sites excluding steroid dienone is 4. The first-order chi connectivity index (χ1) is 24.8. The van der Waals surface area contributed by atoms with Gasteiger partial charge < -0.3 is 4.57 Å². The second-order valence-electron chi connectivity index (χ2n) is 12.8. The second-order valence-corrected chi connectivity index (χ2v) is 12.8. The van der Waals surface area contributed by atoms with E-state index in [1.807, 2.05) is 36.4 Å². The van der Waals surface area contributed by atoms with Gasteiger partial charge in [-0.2, -0.15) is 9.97 Å². The lowest BCUT2D eigenvalue weighted by Crippen LogP contribution is -2.17. The summed E-state index contributed by atoms with van der Waals surface area (Å²) in [6, 6.07) is 53.2. The first kappa shape index (κ1) is 28.4. The largest absolute Gasteiger partial charge is 0.332 e. The van der Waals surface area contributed by atoms with E-state index in [2.05, 4.69) is 149 Å². The van der Waals surface area contributed by atoms with Gasteiger partial charge in [0.1, 0.15) is 0 Å². The van der Waals surface area contributed by atoms with Crippen molar-refractivity contribution in [3.63, 3.8) is 0 Å². The molecule has 0 saturated carbocycles. The highest BCUT2D eigenvalue weighted by Crippen LogP contribution is 2.44. The molecule has 0 radical (unpaired) electrons. The Balaban J connectivity index is 1.26. The van der Waals surface area contributed by atoms with Gasteiger partial charge in [-0.05, 0) is 23.8 Å². The van der Waals surface area contributed by atoms with E-state index in [9.17, 15) is 0 Å². The molecule has 0 spiro atoms. The van der Waals surface area contributed by atoms with Crippen LogP contribution in [0.2, 0.25) is 0 Å². The number of hydrogen-bond acceptors (Lipinski definition) is 3. The molecular formula is C45H31N5. The van der Waals surface area contributed by atoms with Gasteiger partial charge in [0.25, 0.3) is 0 Å². The first-order valence-corrected chi connectivity index (χ1v) is 17.1. The number of nitrogens with zero attached hydrogens (tertiary/aromatic N) is 5. The molecule has 0 N–H and O–H groups in total. The number of aromatic nitrogens is 5. The van der Waals surface area contributed by atoms with E-state index in [-0.39, 0.29) is 12.0 Å². The maximum Gasteiger partial charge on any atom is 0.238 e. The molecule has 1 aliphatic carbocycles. The summed E-state index contributed by atoms with van der Waals surface area (Å²) in [4.78, 5) is 15.4. The van der Waals surface area contributed by atoms with Crippen LogP contribution >= 0.6 is 0 Å². The van der Waals surface area contributed by atoms with Gasteiger partial charge in [0.15, 0.2) is 11.6 Å². The molecule has 2 unspecified atom stereocenters. The molecule has 9 aromatic rings. The van der Waals surface area contributed by atoms with Crippen LogP contribution in [0.15, 0.2) is 176 Å². The smallest absolute Gasteiger partial charge is 0.238 e. The van der Waals surface area contributed by atoms with Crippen molar-refractivity contribution in [2.75, 3.05) is 0 Å². The highest BCUT2D eigenvalue weighted by Gasteiger charge is 2.29. The maximum absolute atomic E-state index is 5.21. The Labute approximate surface area is 289 Å². The summed E-state index contributed by atoms with van der Waals surface area (Å²) in [6.45, 7) is 0. The van der Waals surface area contributed by atoms with Crippen molar-refractivity contribution in [3.8, 4) is 28.7 Å². The fraction of sp³-hybridized carbons (Fsp3) is 0.0444. The SMILES string of the molecule is C1=CC(c2cccc3c4ccccc4n(-c4nc(-c5ccccc5)nc(-c5ccccc5)n4)c23)C(n2c3ccccc3c3ccccc32)C=C1. The van der Waals surface area contributed by atoms with Gasteiger partial charge >= 0.3 is 0 Å². The summed E-state index contributed by atoms with van der Waals surface area (Å²) in [5.74, 6) is 1.91. The van der Waals surface area contributed by atoms with Crippen molar-refractivity contribution < 1.29 is 0 Å². The van der Waals surface area contributed by atoms with E-state index in [0.29, 0.717) is 17.6 Å². The Bertz CT molecular complexity index is 2660. The van der Waals surface area contributed by atoms with Crippen LogP contribution in [0.25, 0.3) is 72.3 Å². The molecule has 2 atom stereocenters. The Morgan fingerprint density at radius 3 is 1.54 bits per heavy atom. The van der Waals surface area contributed by atoms with Gasteiger partial charge in [-0.25, -0.2) is 4.98 Å². The standard InChI is InChI=1S/C45H31N5/c1-3-16-30(17-4-1)43-46-44(31-18-5-2-6-19-31)48-45(47-43)50-41-29-14-10-23-35(41)37-25-15-24-36(42(37)50)34-22-9-13-28-40(34)49-38-26-11-7-20-32(38)33-21-8-12-27-39(33)49/h1-29,34,40H. The van der Waals surface area contributed by atoms with Crippen molar-refractivity contribution in [1.29, 1.82) is 0 Å². The van der Waals surface area contributed by atoms with Crippen LogP contribution in [-0.4, -0.2) is 24.1 Å². The molecule has 0 aliphatic heterocycles. The van der Waals surface area contributed by atoms with Crippen LogP contribution in [-0.2, 0) is 0 Å². The number of hydrogen-bond donors (Lipinski definition) is 0. The van der Waals surface area contributed by atoms with Crippen LogP contribution in [0.4, 0.5) is 0 Å². The van der Waals surface area contributed by atoms with Gasteiger partial charge in [0, 0.05) is 49.6 Å². The summed E-state index contributed by atoms with van der Waals surface area (Å²) in [6.07, 6.45) is 9.07. The van der Waals surface area contributed by atoms with Crippen molar-refractivity contribution in [1.82, 2.24) is 24.1 Å². The summed E-state index contributed by atoms with van der Waals surface area (Å²) < 4.78 is 4.78. The lowest BCUT2D eigenvalue weighted by atomic mass is 9.86. The predicted molar refractivity (Wildman–Crippen MR) is 205 cm³/mol. The van der Waals surface area contributed by atoms with Crippen molar-refractivity contribution in [2.24, 2.45) is 0 Å². The fourth-order valence-corrected chi connectivity index (χ4v) is 7.82.